The van der Waals surface area contributed by atoms with Crippen molar-refractivity contribution in [3.63, 3.8) is 0 Å². The van der Waals surface area contributed by atoms with Gasteiger partial charge in [-0.1, -0.05) is 18.2 Å². The zero-order valence-electron chi connectivity index (χ0n) is 11.5. The van der Waals surface area contributed by atoms with Gasteiger partial charge in [-0.05, 0) is 38.2 Å². The lowest BCUT2D eigenvalue weighted by molar-refractivity contribution is 0.102. The Hall–Kier alpha value is -2.07. The number of nitrogens with zero attached hydrogens (tertiary/aromatic N) is 1. The summed E-state index contributed by atoms with van der Waals surface area (Å²) < 4.78 is 0. The third-order valence-corrected chi connectivity index (χ3v) is 2.95. The van der Waals surface area contributed by atoms with Gasteiger partial charge in [-0.2, -0.15) is 0 Å². The highest BCUT2D eigenvalue weighted by Crippen LogP contribution is 2.18. The topological polar surface area (TPSA) is 48.1 Å². The maximum absolute atomic E-state index is 12.2. The van der Waals surface area contributed by atoms with Crippen LogP contribution in [0, 0.1) is 6.92 Å². The van der Waals surface area contributed by atoms with E-state index in [1.165, 1.54) is 0 Å². The molecule has 2 N–H and O–H groups in total. The highest BCUT2D eigenvalue weighted by molar-refractivity contribution is 6.05. The van der Waals surface area contributed by atoms with E-state index in [9.17, 15) is 4.79 Å². The number of aryl methyl sites for hydroxylation is 1. The predicted octanol–water partition coefficient (Wildman–Crippen LogP) is 2.64. The van der Waals surface area contributed by atoms with Crippen LogP contribution in [0.15, 0.2) is 36.7 Å². The third kappa shape index (κ3) is 3.23. The molecular formula is C15H19N3O. The SMILES string of the molecule is Cc1c[nH]cc1C(=O)Nc1ccccc1CN(C)C. The Morgan fingerprint density at radius 3 is 2.63 bits per heavy atom. The number of nitrogens with one attached hydrogen (secondary N) is 2. The fourth-order valence-corrected chi connectivity index (χ4v) is 2.00. The van der Waals surface area contributed by atoms with E-state index in [1.807, 2.05) is 51.5 Å². The van der Waals surface area contributed by atoms with Crippen LogP contribution in [0.4, 0.5) is 5.69 Å². The van der Waals surface area contributed by atoms with Crippen molar-refractivity contribution in [3.8, 4) is 0 Å². The minimum atomic E-state index is -0.0787. The molecule has 2 aromatic rings. The molecule has 0 aliphatic rings. The Morgan fingerprint density at radius 2 is 2.00 bits per heavy atom. The fraction of sp³-hybridized carbons (Fsp3) is 0.267. The molecule has 0 spiro atoms. The minimum absolute atomic E-state index is 0.0787. The Bertz CT molecular complexity index is 572. The number of para-hydroxylation sites is 1. The summed E-state index contributed by atoms with van der Waals surface area (Å²) in [7, 11) is 4.02. The number of rotatable bonds is 4. The van der Waals surface area contributed by atoms with Gasteiger partial charge in [0.15, 0.2) is 0 Å². The van der Waals surface area contributed by atoms with Crippen molar-refractivity contribution in [2.75, 3.05) is 19.4 Å². The van der Waals surface area contributed by atoms with Crippen molar-refractivity contribution in [2.24, 2.45) is 0 Å². The Morgan fingerprint density at radius 1 is 1.26 bits per heavy atom. The monoisotopic (exact) mass is 257 g/mol. The van der Waals surface area contributed by atoms with Crippen LogP contribution in [-0.4, -0.2) is 29.9 Å². The number of carbonyl (C=O) groups is 1. The Kier molecular flexibility index (Phi) is 4.02. The average Bonchev–Trinajstić information content (AvgIpc) is 2.77. The number of hydrogen-bond donors (Lipinski definition) is 2. The Labute approximate surface area is 113 Å². The van der Waals surface area contributed by atoms with Crippen molar-refractivity contribution in [1.82, 2.24) is 9.88 Å². The number of aromatic amines is 1. The molecule has 4 heteroatoms. The molecule has 1 heterocycles. The van der Waals surface area contributed by atoms with Crippen molar-refractivity contribution in [3.05, 3.63) is 53.3 Å². The molecule has 4 nitrogen and oxygen atoms in total. The van der Waals surface area contributed by atoms with Crippen molar-refractivity contribution in [2.45, 2.75) is 13.5 Å². The molecule has 0 radical (unpaired) electrons. The number of anilines is 1. The molecule has 19 heavy (non-hydrogen) atoms. The maximum atomic E-state index is 12.2. The molecule has 0 saturated carbocycles. The van der Waals surface area contributed by atoms with Gasteiger partial charge in [-0.25, -0.2) is 0 Å². The minimum Gasteiger partial charge on any atom is -0.367 e. The van der Waals surface area contributed by atoms with Gasteiger partial charge in [0.2, 0.25) is 0 Å². The summed E-state index contributed by atoms with van der Waals surface area (Å²) in [5.74, 6) is -0.0787. The lowest BCUT2D eigenvalue weighted by atomic mass is 10.1. The zero-order valence-corrected chi connectivity index (χ0v) is 11.5. The molecule has 0 aliphatic heterocycles. The van der Waals surface area contributed by atoms with Gasteiger partial charge in [0.25, 0.3) is 5.91 Å². The summed E-state index contributed by atoms with van der Waals surface area (Å²) in [5.41, 5.74) is 3.60. The second-order valence-corrected chi connectivity index (χ2v) is 4.90. The highest BCUT2D eigenvalue weighted by Gasteiger charge is 2.11. The molecule has 1 aromatic heterocycles. The van der Waals surface area contributed by atoms with Crippen LogP contribution in [0.25, 0.3) is 0 Å². The molecule has 0 atom stereocenters. The molecule has 0 saturated heterocycles. The van der Waals surface area contributed by atoms with Crippen LogP contribution >= 0.6 is 0 Å². The van der Waals surface area contributed by atoms with Gasteiger partial charge < -0.3 is 15.2 Å². The van der Waals surface area contributed by atoms with E-state index in [2.05, 4.69) is 15.2 Å². The van der Waals surface area contributed by atoms with E-state index in [1.54, 1.807) is 6.20 Å². The number of benzene rings is 1. The van der Waals surface area contributed by atoms with Crippen LogP contribution in [0.3, 0.4) is 0 Å². The van der Waals surface area contributed by atoms with Gasteiger partial charge in [0.1, 0.15) is 0 Å². The van der Waals surface area contributed by atoms with E-state index in [0.29, 0.717) is 5.56 Å². The summed E-state index contributed by atoms with van der Waals surface area (Å²) in [4.78, 5) is 17.2. The molecule has 1 amide bonds. The Balaban J connectivity index is 2.19. The van der Waals surface area contributed by atoms with Crippen molar-refractivity contribution < 1.29 is 4.79 Å². The molecule has 1 aromatic carbocycles. The summed E-state index contributed by atoms with van der Waals surface area (Å²) in [5, 5.41) is 2.97. The first-order valence-corrected chi connectivity index (χ1v) is 6.25. The molecular weight excluding hydrogens is 238 g/mol. The first-order chi connectivity index (χ1) is 9.08. The zero-order chi connectivity index (χ0) is 13.8. The fourth-order valence-electron chi connectivity index (χ4n) is 2.00. The molecule has 100 valence electrons. The molecule has 2 rings (SSSR count). The molecule has 0 bridgehead atoms. The lowest BCUT2D eigenvalue weighted by Crippen LogP contribution is -2.16. The lowest BCUT2D eigenvalue weighted by Gasteiger charge is -2.14. The summed E-state index contributed by atoms with van der Waals surface area (Å²) >= 11 is 0. The normalized spacial score (nSPS) is 10.7. The number of hydrogen-bond acceptors (Lipinski definition) is 2. The second-order valence-electron chi connectivity index (χ2n) is 4.90. The van der Waals surface area contributed by atoms with Gasteiger partial charge in [-0.15, -0.1) is 0 Å². The maximum Gasteiger partial charge on any atom is 0.257 e. The van der Waals surface area contributed by atoms with Gasteiger partial charge >= 0.3 is 0 Å². The van der Waals surface area contributed by atoms with Crippen LogP contribution in [0.1, 0.15) is 21.5 Å². The first-order valence-electron chi connectivity index (χ1n) is 6.25. The summed E-state index contributed by atoms with van der Waals surface area (Å²) in [6.07, 6.45) is 3.54. The third-order valence-electron chi connectivity index (χ3n) is 2.95. The molecule has 0 unspecified atom stereocenters. The van der Waals surface area contributed by atoms with E-state index in [4.69, 9.17) is 0 Å². The smallest absolute Gasteiger partial charge is 0.257 e. The van der Waals surface area contributed by atoms with E-state index in [-0.39, 0.29) is 5.91 Å². The standard InChI is InChI=1S/C15H19N3O/c1-11-8-16-9-13(11)15(19)17-14-7-5-4-6-12(14)10-18(2)3/h4-9,16H,10H2,1-3H3,(H,17,19). The first kappa shape index (κ1) is 13.4. The van der Waals surface area contributed by atoms with Crippen molar-refractivity contribution in [1.29, 1.82) is 0 Å². The van der Waals surface area contributed by atoms with Gasteiger partial charge in [-0.3, -0.25) is 4.79 Å². The predicted molar refractivity (Wildman–Crippen MR) is 77.3 cm³/mol. The van der Waals surface area contributed by atoms with Gasteiger partial charge in [0, 0.05) is 24.6 Å². The average molecular weight is 257 g/mol. The summed E-state index contributed by atoms with van der Waals surface area (Å²) in [6.45, 7) is 2.71. The van der Waals surface area contributed by atoms with Crippen molar-refractivity contribution >= 4 is 11.6 Å². The second kappa shape index (κ2) is 5.71. The number of aromatic nitrogens is 1. The summed E-state index contributed by atoms with van der Waals surface area (Å²) in [6, 6.07) is 7.87. The van der Waals surface area contributed by atoms with Gasteiger partial charge in [0.05, 0.1) is 5.56 Å². The van der Waals surface area contributed by atoms with Crippen LogP contribution < -0.4 is 5.32 Å². The highest BCUT2D eigenvalue weighted by atomic mass is 16.1. The molecule has 0 fully saturated rings. The quantitative estimate of drug-likeness (QED) is 0.884. The molecule has 0 aliphatic carbocycles. The van der Waals surface area contributed by atoms with E-state index < -0.39 is 0 Å². The van der Waals surface area contributed by atoms with E-state index in [0.717, 1.165) is 23.4 Å². The number of amides is 1. The number of carbonyl (C=O) groups excluding carboxylic acids is 1. The van der Waals surface area contributed by atoms with Crippen LogP contribution in [0.5, 0.6) is 0 Å². The number of H-pyrrole nitrogens is 1. The largest absolute Gasteiger partial charge is 0.367 e. The van der Waals surface area contributed by atoms with E-state index >= 15 is 0 Å². The van der Waals surface area contributed by atoms with Crippen LogP contribution in [-0.2, 0) is 6.54 Å². The van der Waals surface area contributed by atoms with Crippen LogP contribution in [0.2, 0.25) is 0 Å².